The zero-order valence-corrected chi connectivity index (χ0v) is 20.8. The second-order valence-corrected chi connectivity index (χ2v) is 10.5. The molecule has 0 radical (unpaired) electrons. The molecule has 0 aromatic heterocycles. The molecule has 174 valence electrons. The number of rotatable bonds is 9. The number of anilines is 1. The van der Waals surface area contributed by atoms with Crippen LogP contribution in [0, 0.1) is 5.82 Å². The van der Waals surface area contributed by atoms with Crippen molar-refractivity contribution in [2.45, 2.75) is 39.4 Å². The van der Waals surface area contributed by atoms with E-state index in [-0.39, 0.29) is 24.2 Å². The minimum absolute atomic E-state index is 0.0771. The Labute approximate surface area is 196 Å². The molecule has 7 nitrogen and oxygen atoms in total. The molecule has 10 heteroatoms. The Morgan fingerprint density at radius 1 is 1.06 bits per heavy atom. The SMILES string of the molecule is CC(C)NC(=O)[C@H](C)N(Cc1ccc(Br)cc1)C(=O)CN(c1ccccc1F)S(C)(=O)=O. The predicted molar refractivity (Wildman–Crippen MR) is 126 cm³/mol. The maximum Gasteiger partial charge on any atom is 0.244 e. The van der Waals surface area contributed by atoms with Gasteiger partial charge in [-0.3, -0.25) is 13.9 Å². The Morgan fingerprint density at radius 2 is 1.66 bits per heavy atom. The van der Waals surface area contributed by atoms with Crippen LogP contribution in [0.15, 0.2) is 53.0 Å². The van der Waals surface area contributed by atoms with Gasteiger partial charge in [0.25, 0.3) is 0 Å². The van der Waals surface area contributed by atoms with Gasteiger partial charge in [0.05, 0.1) is 11.9 Å². The van der Waals surface area contributed by atoms with Gasteiger partial charge in [-0.15, -0.1) is 0 Å². The van der Waals surface area contributed by atoms with E-state index in [1.807, 2.05) is 0 Å². The molecule has 0 fully saturated rings. The molecule has 0 aliphatic rings. The van der Waals surface area contributed by atoms with E-state index < -0.39 is 34.3 Å². The van der Waals surface area contributed by atoms with Crippen LogP contribution >= 0.6 is 15.9 Å². The summed E-state index contributed by atoms with van der Waals surface area (Å²) in [5, 5.41) is 2.76. The zero-order chi connectivity index (χ0) is 24.1. The first-order valence-electron chi connectivity index (χ1n) is 9.96. The molecule has 0 spiro atoms. The number of carbonyl (C=O) groups excluding carboxylic acids is 2. The van der Waals surface area contributed by atoms with Gasteiger partial charge in [-0.1, -0.05) is 40.2 Å². The molecular weight excluding hydrogens is 501 g/mol. The first-order chi connectivity index (χ1) is 14.9. The van der Waals surface area contributed by atoms with Crippen LogP contribution in [0.1, 0.15) is 26.3 Å². The number of amides is 2. The zero-order valence-electron chi connectivity index (χ0n) is 18.4. The molecule has 0 bridgehead atoms. The number of para-hydroxylation sites is 1. The minimum atomic E-state index is -3.97. The van der Waals surface area contributed by atoms with Gasteiger partial charge in [0.1, 0.15) is 18.4 Å². The molecule has 0 saturated heterocycles. The molecule has 1 atom stereocenters. The van der Waals surface area contributed by atoms with Crippen molar-refractivity contribution in [2.24, 2.45) is 0 Å². The van der Waals surface area contributed by atoms with Crippen molar-refractivity contribution < 1.29 is 22.4 Å². The number of sulfonamides is 1. The molecule has 2 aromatic carbocycles. The molecule has 0 aliphatic carbocycles. The summed E-state index contributed by atoms with van der Waals surface area (Å²) in [5.74, 6) is -1.77. The lowest BCUT2D eigenvalue weighted by molar-refractivity contribution is -0.139. The van der Waals surface area contributed by atoms with Gasteiger partial charge < -0.3 is 10.2 Å². The van der Waals surface area contributed by atoms with E-state index in [0.29, 0.717) is 4.31 Å². The van der Waals surface area contributed by atoms with E-state index in [4.69, 9.17) is 0 Å². The van der Waals surface area contributed by atoms with Crippen molar-refractivity contribution in [1.29, 1.82) is 0 Å². The van der Waals surface area contributed by atoms with E-state index in [9.17, 15) is 22.4 Å². The van der Waals surface area contributed by atoms with E-state index in [0.717, 1.165) is 22.4 Å². The lowest BCUT2D eigenvalue weighted by Crippen LogP contribution is -2.52. The second-order valence-electron chi connectivity index (χ2n) is 7.71. The van der Waals surface area contributed by atoms with Crippen molar-refractivity contribution in [3.05, 3.63) is 64.4 Å². The van der Waals surface area contributed by atoms with Crippen LogP contribution in [-0.4, -0.2) is 50.0 Å². The number of carbonyl (C=O) groups is 2. The van der Waals surface area contributed by atoms with Crippen LogP contribution < -0.4 is 9.62 Å². The largest absolute Gasteiger partial charge is 0.352 e. The molecule has 0 saturated carbocycles. The fraction of sp³-hybridized carbons (Fsp3) is 0.364. The van der Waals surface area contributed by atoms with Gasteiger partial charge in [-0.25, -0.2) is 12.8 Å². The molecule has 2 aromatic rings. The molecule has 1 N–H and O–H groups in total. The lowest BCUT2D eigenvalue weighted by atomic mass is 10.1. The van der Waals surface area contributed by atoms with Gasteiger partial charge in [0.2, 0.25) is 21.8 Å². The van der Waals surface area contributed by atoms with E-state index in [1.54, 1.807) is 45.0 Å². The van der Waals surface area contributed by atoms with Crippen LogP contribution in [0.25, 0.3) is 0 Å². The van der Waals surface area contributed by atoms with Gasteiger partial charge in [-0.05, 0) is 50.6 Å². The molecular formula is C22H27BrFN3O4S. The number of hydrogen-bond acceptors (Lipinski definition) is 4. The van der Waals surface area contributed by atoms with Crippen LogP contribution in [0.4, 0.5) is 10.1 Å². The quantitative estimate of drug-likeness (QED) is 0.542. The summed E-state index contributed by atoms with van der Waals surface area (Å²) >= 11 is 3.35. The summed E-state index contributed by atoms with van der Waals surface area (Å²) in [6, 6.07) is 11.5. The van der Waals surface area contributed by atoms with Crippen LogP contribution in [-0.2, 0) is 26.2 Å². The third-order valence-electron chi connectivity index (χ3n) is 4.66. The Balaban J connectivity index is 2.39. The molecule has 0 unspecified atom stereocenters. The van der Waals surface area contributed by atoms with E-state index in [2.05, 4.69) is 21.2 Å². The molecule has 2 rings (SSSR count). The normalized spacial score (nSPS) is 12.3. The van der Waals surface area contributed by atoms with Crippen molar-refractivity contribution in [2.75, 3.05) is 17.1 Å². The number of hydrogen-bond donors (Lipinski definition) is 1. The van der Waals surface area contributed by atoms with Crippen molar-refractivity contribution in [3.8, 4) is 0 Å². The Hall–Kier alpha value is -2.46. The second kappa shape index (κ2) is 10.9. The van der Waals surface area contributed by atoms with Gasteiger partial charge in [-0.2, -0.15) is 0 Å². The third kappa shape index (κ3) is 7.03. The van der Waals surface area contributed by atoms with E-state index in [1.165, 1.54) is 23.1 Å². The topological polar surface area (TPSA) is 86.8 Å². The van der Waals surface area contributed by atoms with Gasteiger partial charge >= 0.3 is 0 Å². The highest BCUT2D eigenvalue weighted by atomic mass is 79.9. The number of nitrogens with zero attached hydrogens (tertiary/aromatic N) is 2. The molecule has 0 aliphatic heterocycles. The van der Waals surface area contributed by atoms with Crippen molar-refractivity contribution in [3.63, 3.8) is 0 Å². The number of nitrogens with one attached hydrogen (secondary N) is 1. The summed E-state index contributed by atoms with van der Waals surface area (Å²) in [7, 11) is -3.97. The molecule has 0 heterocycles. The average molecular weight is 528 g/mol. The first kappa shape index (κ1) is 25.8. The van der Waals surface area contributed by atoms with Crippen LogP contribution in [0.2, 0.25) is 0 Å². The standard InChI is InChI=1S/C22H27BrFN3O4S/c1-15(2)25-22(29)16(3)26(13-17-9-11-18(23)12-10-17)21(28)14-27(32(4,30)31)20-8-6-5-7-19(20)24/h5-12,15-16H,13-14H2,1-4H3,(H,25,29)/t16-/m0/s1. The van der Waals surface area contributed by atoms with Crippen LogP contribution in [0.3, 0.4) is 0 Å². The lowest BCUT2D eigenvalue weighted by Gasteiger charge is -2.32. The molecule has 2 amide bonds. The Morgan fingerprint density at radius 3 is 2.19 bits per heavy atom. The fourth-order valence-electron chi connectivity index (χ4n) is 3.02. The first-order valence-corrected chi connectivity index (χ1v) is 12.6. The van der Waals surface area contributed by atoms with Crippen molar-refractivity contribution >= 4 is 43.5 Å². The van der Waals surface area contributed by atoms with E-state index >= 15 is 0 Å². The summed E-state index contributed by atoms with van der Waals surface area (Å²) in [4.78, 5) is 27.2. The maximum absolute atomic E-state index is 14.3. The minimum Gasteiger partial charge on any atom is -0.352 e. The van der Waals surface area contributed by atoms with Crippen molar-refractivity contribution in [1.82, 2.24) is 10.2 Å². The average Bonchev–Trinajstić information content (AvgIpc) is 2.70. The summed E-state index contributed by atoms with van der Waals surface area (Å²) in [6.07, 6.45) is 0.903. The summed E-state index contributed by atoms with van der Waals surface area (Å²) in [6.45, 7) is 4.61. The maximum atomic E-state index is 14.3. The highest BCUT2D eigenvalue weighted by Crippen LogP contribution is 2.22. The molecule has 32 heavy (non-hydrogen) atoms. The number of benzene rings is 2. The highest BCUT2D eigenvalue weighted by molar-refractivity contribution is 9.10. The smallest absolute Gasteiger partial charge is 0.244 e. The monoisotopic (exact) mass is 527 g/mol. The third-order valence-corrected chi connectivity index (χ3v) is 6.32. The summed E-state index contributed by atoms with van der Waals surface area (Å²) < 4.78 is 40.7. The Kier molecular flexibility index (Phi) is 8.80. The Bertz CT molecular complexity index is 1060. The van der Waals surface area contributed by atoms with Gasteiger partial charge in [0.15, 0.2) is 0 Å². The predicted octanol–water partition coefficient (Wildman–Crippen LogP) is 3.30. The number of halogens is 2. The summed E-state index contributed by atoms with van der Waals surface area (Å²) in [5.41, 5.74) is 0.522. The van der Waals surface area contributed by atoms with Gasteiger partial charge in [0, 0.05) is 17.1 Å². The van der Waals surface area contributed by atoms with Crippen LogP contribution in [0.5, 0.6) is 0 Å². The fourth-order valence-corrected chi connectivity index (χ4v) is 4.14. The highest BCUT2D eigenvalue weighted by Gasteiger charge is 2.31.